The average Bonchev–Trinajstić information content (AvgIpc) is 2.70. The first-order valence-corrected chi connectivity index (χ1v) is 7.66. The zero-order valence-corrected chi connectivity index (χ0v) is 12.0. The molecule has 1 atom stereocenters. The first-order chi connectivity index (χ1) is 9.22. The molecule has 1 aliphatic carbocycles. The molecular formula is C17H23NO. The van der Waals surface area contributed by atoms with Crippen LogP contribution in [0.25, 0.3) is 0 Å². The van der Waals surface area contributed by atoms with Gasteiger partial charge in [0.25, 0.3) is 0 Å². The Morgan fingerprint density at radius 3 is 2.63 bits per heavy atom. The number of nitrogens with zero attached hydrogens (tertiary/aromatic N) is 1. The topological polar surface area (TPSA) is 20.3 Å². The van der Waals surface area contributed by atoms with Gasteiger partial charge in [0.1, 0.15) is 0 Å². The lowest BCUT2D eigenvalue weighted by atomic mass is 9.94. The summed E-state index contributed by atoms with van der Waals surface area (Å²) < 4.78 is 0. The second-order valence-electron chi connectivity index (χ2n) is 6.02. The first-order valence-electron chi connectivity index (χ1n) is 7.66. The third kappa shape index (κ3) is 2.07. The van der Waals surface area contributed by atoms with Gasteiger partial charge in [-0.2, -0.15) is 0 Å². The van der Waals surface area contributed by atoms with Crippen LogP contribution in [0, 0.1) is 6.92 Å². The maximum absolute atomic E-state index is 12.7. The maximum atomic E-state index is 12.7. The molecule has 0 unspecified atom stereocenters. The third-order valence-corrected chi connectivity index (χ3v) is 4.70. The van der Waals surface area contributed by atoms with Crippen LogP contribution >= 0.6 is 0 Å². The molecular weight excluding hydrogens is 234 g/mol. The standard InChI is InChI=1S/C17H23NO/c1-3-14-15-11-12(2)9-10-16(15)18(17(14)19)13-7-5-4-6-8-13/h9-11,13-14H,3-8H2,1-2H3/t14-/m1/s1. The summed E-state index contributed by atoms with van der Waals surface area (Å²) in [6.45, 7) is 4.24. The number of hydrogen-bond donors (Lipinski definition) is 0. The maximum Gasteiger partial charge on any atom is 0.234 e. The van der Waals surface area contributed by atoms with Gasteiger partial charge < -0.3 is 4.90 Å². The van der Waals surface area contributed by atoms with Gasteiger partial charge in [0.15, 0.2) is 0 Å². The fraction of sp³-hybridized carbons (Fsp3) is 0.588. The van der Waals surface area contributed by atoms with Crippen molar-refractivity contribution >= 4 is 11.6 Å². The minimum absolute atomic E-state index is 0.0943. The number of aryl methyl sites for hydroxylation is 1. The van der Waals surface area contributed by atoms with Gasteiger partial charge in [-0.25, -0.2) is 0 Å². The van der Waals surface area contributed by atoms with Crippen molar-refractivity contribution in [3.63, 3.8) is 0 Å². The molecule has 2 aliphatic rings. The lowest BCUT2D eigenvalue weighted by Gasteiger charge is -2.32. The zero-order chi connectivity index (χ0) is 13.4. The van der Waals surface area contributed by atoms with Crippen LogP contribution in [0.4, 0.5) is 5.69 Å². The molecule has 19 heavy (non-hydrogen) atoms. The molecule has 2 nitrogen and oxygen atoms in total. The Bertz CT molecular complexity index is 488. The van der Waals surface area contributed by atoms with E-state index in [-0.39, 0.29) is 5.92 Å². The van der Waals surface area contributed by atoms with E-state index in [0.717, 1.165) is 6.42 Å². The first kappa shape index (κ1) is 12.7. The highest BCUT2D eigenvalue weighted by molar-refractivity contribution is 6.05. The van der Waals surface area contributed by atoms with E-state index in [1.165, 1.54) is 48.9 Å². The SMILES string of the molecule is CC[C@H]1C(=O)N(C2CCCCC2)c2ccc(C)cc21. The van der Waals surface area contributed by atoms with Crippen molar-refractivity contribution in [2.24, 2.45) is 0 Å². The molecule has 3 rings (SSSR count). The van der Waals surface area contributed by atoms with E-state index in [1.807, 2.05) is 0 Å². The van der Waals surface area contributed by atoms with E-state index in [9.17, 15) is 4.79 Å². The lowest BCUT2D eigenvalue weighted by molar-refractivity contribution is -0.119. The summed E-state index contributed by atoms with van der Waals surface area (Å²) in [6, 6.07) is 6.95. The van der Waals surface area contributed by atoms with Crippen molar-refractivity contribution < 1.29 is 4.79 Å². The summed E-state index contributed by atoms with van der Waals surface area (Å²) in [7, 11) is 0. The molecule has 0 saturated heterocycles. The van der Waals surface area contributed by atoms with Crippen molar-refractivity contribution in [2.45, 2.75) is 64.3 Å². The highest BCUT2D eigenvalue weighted by Gasteiger charge is 2.39. The predicted octanol–water partition coefficient (Wildman–Crippen LogP) is 4.17. The van der Waals surface area contributed by atoms with Gasteiger partial charge in [-0.1, -0.05) is 43.9 Å². The Labute approximate surface area is 115 Å². The van der Waals surface area contributed by atoms with Gasteiger partial charge in [-0.3, -0.25) is 4.79 Å². The minimum Gasteiger partial charge on any atom is -0.309 e. The summed E-state index contributed by atoms with van der Waals surface area (Å²) in [4.78, 5) is 14.9. The van der Waals surface area contributed by atoms with Gasteiger partial charge in [0.2, 0.25) is 5.91 Å². The third-order valence-electron chi connectivity index (χ3n) is 4.70. The molecule has 1 amide bonds. The molecule has 1 aromatic rings. The van der Waals surface area contributed by atoms with Crippen molar-refractivity contribution in [2.75, 3.05) is 4.90 Å². The van der Waals surface area contributed by atoms with E-state index < -0.39 is 0 Å². The van der Waals surface area contributed by atoms with Crippen molar-refractivity contribution in [3.8, 4) is 0 Å². The molecule has 0 aromatic heterocycles. The summed E-state index contributed by atoms with van der Waals surface area (Å²) >= 11 is 0. The summed E-state index contributed by atoms with van der Waals surface area (Å²) in [5, 5.41) is 0. The van der Waals surface area contributed by atoms with Crippen LogP contribution in [0.15, 0.2) is 18.2 Å². The van der Waals surface area contributed by atoms with E-state index in [1.54, 1.807) is 0 Å². The van der Waals surface area contributed by atoms with Crippen LogP contribution in [-0.2, 0) is 4.79 Å². The fourth-order valence-corrected chi connectivity index (χ4v) is 3.70. The Kier molecular flexibility index (Phi) is 3.34. The minimum atomic E-state index is 0.0943. The van der Waals surface area contributed by atoms with Crippen LogP contribution in [-0.4, -0.2) is 11.9 Å². The van der Waals surface area contributed by atoms with E-state index in [4.69, 9.17) is 0 Å². The van der Waals surface area contributed by atoms with Crippen molar-refractivity contribution in [1.29, 1.82) is 0 Å². The average molecular weight is 257 g/mol. The molecule has 102 valence electrons. The van der Waals surface area contributed by atoms with Crippen LogP contribution in [0.3, 0.4) is 0 Å². The van der Waals surface area contributed by atoms with E-state index in [2.05, 4.69) is 36.9 Å². The Hall–Kier alpha value is -1.31. The van der Waals surface area contributed by atoms with Gasteiger partial charge in [0, 0.05) is 11.7 Å². The quantitative estimate of drug-likeness (QED) is 0.778. The second kappa shape index (κ2) is 4.99. The summed E-state index contributed by atoms with van der Waals surface area (Å²) in [6.07, 6.45) is 7.14. The van der Waals surface area contributed by atoms with Gasteiger partial charge in [0.05, 0.1) is 5.92 Å². The number of anilines is 1. The van der Waals surface area contributed by atoms with Gasteiger partial charge in [-0.15, -0.1) is 0 Å². The fourth-order valence-electron chi connectivity index (χ4n) is 3.70. The Balaban J connectivity index is 1.99. The highest BCUT2D eigenvalue weighted by atomic mass is 16.2. The largest absolute Gasteiger partial charge is 0.309 e. The smallest absolute Gasteiger partial charge is 0.234 e. The van der Waals surface area contributed by atoms with Crippen molar-refractivity contribution in [1.82, 2.24) is 0 Å². The summed E-state index contributed by atoms with van der Waals surface area (Å²) in [5.74, 6) is 0.437. The molecule has 0 radical (unpaired) electrons. The van der Waals surface area contributed by atoms with Crippen LogP contribution in [0.2, 0.25) is 0 Å². The molecule has 1 fully saturated rings. The van der Waals surface area contributed by atoms with Crippen LogP contribution < -0.4 is 4.90 Å². The summed E-state index contributed by atoms with van der Waals surface area (Å²) in [5.41, 5.74) is 3.71. The van der Waals surface area contributed by atoms with E-state index >= 15 is 0 Å². The van der Waals surface area contributed by atoms with Crippen LogP contribution in [0.5, 0.6) is 0 Å². The molecule has 0 spiro atoms. The number of hydrogen-bond acceptors (Lipinski definition) is 1. The number of amides is 1. The number of carbonyl (C=O) groups excluding carboxylic acids is 1. The second-order valence-corrected chi connectivity index (χ2v) is 6.02. The van der Waals surface area contributed by atoms with Gasteiger partial charge in [-0.05, 0) is 37.8 Å². The molecule has 2 heteroatoms. The molecule has 1 heterocycles. The number of rotatable bonds is 2. The zero-order valence-electron chi connectivity index (χ0n) is 12.0. The normalized spacial score (nSPS) is 23.8. The number of fused-ring (bicyclic) bond motifs is 1. The monoisotopic (exact) mass is 257 g/mol. The predicted molar refractivity (Wildman–Crippen MR) is 78.6 cm³/mol. The highest BCUT2D eigenvalue weighted by Crippen LogP contribution is 2.42. The van der Waals surface area contributed by atoms with E-state index in [0.29, 0.717) is 11.9 Å². The lowest BCUT2D eigenvalue weighted by Crippen LogP contribution is -2.40. The molecule has 1 aromatic carbocycles. The Morgan fingerprint density at radius 2 is 1.95 bits per heavy atom. The molecule has 1 aliphatic heterocycles. The number of carbonyl (C=O) groups is 1. The van der Waals surface area contributed by atoms with Gasteiger partial charge >= 0.3 is 0 Å². The molecule has 0 bridgehead atoms. The van der Waals surface area contributed by atoms with Crippen molar-refractivity contribution in [3.05, 3.63) is 29.3 Å². The van der Waals surface area contributed by atoms with Crippen LogP contribution in [0.1, 0.15) is 62.5 Å². The molecule has 0 N–H and O–H groups in total. The number of benzene rings is 1. The molecule has 1 saturated carbocycles. The Morgan fingerprint density at radius 1 is 1.21 bits per heavy atom.